The van der Waals surface area contributed by atoms with Crippen LogP contribution < -0.4 is 5.32 Å². The number of benzene rings is 2. The van der Waals surface area contributed by atoms with Crippen molar-refractivity contribution in [1.29, 1.82) is 0 Å². The molecule has 112 valence electrons. The van der Waals surface area contributed by atoms with Gasteiger partial charge in [0.25, 0.3) is 0 Å². The van der Waals surface area contributed by atoms with Gasteiger partial charge in [0.1, 0.15) is 0 Å². The van der Waals surface area contributed by atoms with Gasteiger partial charge in [0.05, 0.1) is 13.2 Å². The van der Waals surface area contributed by atoms with Crippen molar-refractivity contribution >= 4 is 5.69 Å². The van der Waals surface area contributed by atoms with Gasteiger partial charge in [0.15, 0.2) is 0 Å². The first-order valence-corrected chi connectivity index (χ1v) is 7.36. The Morgan fingerprint density at radius 2 is 1.95 bits per heavy atom. The fraction of sp³-hybridized carbons (Fsp3) is 0.333. The van der Waals surface area contributed by atoms with E-state index in [4.69, 9.17) is 4.74 Å². The molecule has 2 N–H and O–H groups in total. The van der Waals surface area contributed by atoms with Gasteiger partial charge in [-0.2, -0.15) is 0 Å². The van der Waals surface area contributed by atoms with Gasteiger partial charge in [-0.05, 0) is 31.0 Å². The van der Waals surface area contributed by atoms with Crippen LogP contribution >= 0.6 is 0 Å². The van der Waals surface area contributed by atoms with Crippen LogP contribution in [0.3, 0.4) is 0 Å². The summed E-state index contributed by atoms with van der Waals surface area (Å²) in [5.41, 5.74) is 4.34. The van der Waals surface area contributed by atoms with Crippen LogP contribution in [-0.4, -0.2) is 11.7 Å². The molecule has 0 radical (unpaired) electrons. The summed E-state index contributed by atoms with van der Waals surface area (Å²) in [5.74, 6) is 0. The number of nitrogens with one attached hydrogen (secondary N) is 1. The number of anilines is 1. The number of hydrogen-bond donors (Lipinski definition) is 2. The zero-order valence-electron chi connectivity index (χ0n) is 12.7. The highest BCUT2D eigenvalue weighted by Crippen LogP contribution is 2.23. The highest BCUT2D eigenvalue weighted by atomic mass is 16.5. The first-order valence-electron chi connectivity index (χ1n) is 7.36. The molecule has 1 unspecified atom stereocenters. The van der Waals surface area contributed by atoms with Crippen LogP contribution in [-0.2, 0) is 18.0 Å². The van der Waals surface area contributed by atoms with Crippen molar-refractivity contribution in [2.45, 2.75) is 33.1 Å². The van der Waals surface area contributed by atoms with Crippen LogP contribution in [0, 0.1) is 0 Å². The Labute approximate surface area is 126 Å². The molecular weight excluding hydrogens is 262 g/mol. The second-order valence-corrected chi connectivity index (χ2v) is 5.06. The molecule has 3 heteroatoms. The first kappa shape index (κ1) is 15.5. The maximum Gasteiger partial charge on any atom is 0.0736 e. The Bertz CT molecular complexity index is 569. The van der Waals surface area contributed by atoms with E-state index in [-0.39, 0.29) is 12.6 Å². The van der Waals surface area contributed by atoms with E-state index in [9.17, 15) is 5.11 Å². The third kappa shape index (κ3) is 4.31. The quantitative estimate of drug-likeness (QED) is 0.811. The summed E-state index contributed by atoms with van der Waals surface area (Å²) in [6.07, 6.45) is 0. The minimum atomic E-state index is 0.0709. The molecule has 2 aromatic carbocycles. The predicted molar refractivity (Wildman–Crippen MR) is 86.2 cm³/mol. The van der Waals surface area contributed by atoms with E-state index in [1.54, 1.807) is 0 Å². The molecule has 0 spiro atoms. The van der Waals surface area contributed by atoms with Crippen LogP contribution in [0.5, 0.6) is 0 Å². The van der Waals surface area contributed by atoms with Crippen LogP contribution in [0.1, 0.15) is 36.6 Å². The molecule has 0 bridgehead atoms. The highest BCUT2D eigenvalue weighted by Gasteiger charge is 2.08. The highest BCUT2D eigenvalue weighted by molar-refractivity contribution is 5.52. The van der Waals surface area contributed by atoms with Crippen LogP contribution in [0.2, 0.25) is 0 Å². The van der Waals surface area contributed by atoms with Gasteiger partial charge in [0.2, 0.25) is 0 Å². The molecule has 21 heavy (non-hydrogen) atoms. The lowest BCUT2D eigenvalue weighted by molar-refractivity contribution is 0.134. The van der Waals surface area contributed by atoms with E-state index in [1.807, 2.05) is 37.3 Å². The zero-order valence-corrected chi connectivity index (χ0v) is 12.7. The summed E-state index contributed by atoms with van der Waals surface area (Å²) in [6, 6.07) is 16.4. The lowest BCUT2D eigenvalue weighted by atomic mass is 10.0. The van der Waals surface area contributed by atoms with Gasteiger partial charge in [-0.25, -0.2) is 0 Å². The molecule has 0 saturated carbocycles. The van der Waals surface area contributed by atoms with E-state index in [0.29, 0.717) is 13.2 Å². The third-order valence-electron chi connectivity index (χ3n) is 3.48. The summed E-state index contributed by atoms with van der Waals surface area (Å²) in [5, 5.41) is 12.8. The van der Waals surface area contributed by atoms with E-state index < -0.39 is 0 Å². The lowest BCUT2D eigenvalue weighted by Crippen LogP contribution is -2.09. The number of hydrogen-bond acceptors (Lipinski definition) is 3. The van der Waals surface area contributed by atoms with Crippen molar-refractivity contribution in [1.82, 2.24) is 0 Å². The summed E-state index contributed by atoms with van der Waals surface area (Å²) >= 11 is 0. The zero-order chi connectivity index (χ0) is 15.1. The third-order valence-corrected chi connectivity index (χ3v) is 3.48. The molecular formula is C18H23NO2. The molecule has 0 aliphatic rings. The number of ether oxygens (including phenoxy) is 1. The average Bonchev–Trinajstić information content (AvgIpc) is 2.54. The Hall–Kier alpha value is -1.84. The minimum absolute atomic E-state index is 0.0709. The molecule has 0 aliphatic heterocycles. The molecule has 0 fully saturated rings. The maximum atomic E-state index is 9.24. The molecule has 1 atom stereocenters. The average molecular weight is 285 g/mol. The Kier molecular flexibility index (Phi) is 5.78. The molecule has 0 saturated heterocycles. The van der Waals surface area contributed by atoms with Crippen molar-refractivity contribution in [3.8, 4) is 0 Å². The topological polar surface area (TPSA) is 41.5 Å². The first-order chi connectivity index (χ1) is 10.2. The smallest absolute Gasteiger partial charge is 0.0736 e. The van der Waals surface area contributed by atoms with Gasteiger partial charge in [0, 0.05) is 23.9 Å². The SMILES string of the molecule is CCOCc1ccccc1NC(C)c1cccc(CO)c1. The summed E-state index contributed by atoms with van der Waals surface area (Å²) in [6.45, 7) is 5.51. The number of aliphatic hydroxyl groups excluding tert-OH is 1. The fourth-order valence-corrected chi connectivity index (χ4v) is 2.28. The van der Waals surface area contributed by atoms with Crippen LogP contribution in [0.15, 0.2) is 48.5 Å². The van der Waals surface area contributed by atoms with Crippen LogP contribution in [0.4, 0.5) is 5.69 Å². The van der Waals surface area contributed by atoms with Gasteiger partial charge in [-0.1, -0.05) is 42.5 Å². The number of aliphatic hydroxyl groups is 1. The minimum Gasteiger partial charge on any atom is -0.392 e. The second kappa shape index (κ2) is 7.81. The van der Waals surface area contributed by atoms with Crippen molar-refractivity contribution in [3.63, 3.8) is 0 Å². The van der Waals surface area contributed by atoms with Gasteiger partial charge >= 0.3 is 0 Å². The predicted octanol–water partition coefficient (Wildman–Crippen LogP) is 3.89. The maximum absolute atomic E-state index is 9.24. The second-order valence-electron chi connectivity index (χ2n) is 5.06. The molecule has 2 rings (SSSR count). The Morgan fingerprint density at radius 1 is 1.14 bits per heavy atom. The molecule has 3 nitrogen and oxygen atoms in total. The van der Waals surface area contributed by atoms with Crippen molar-refractivity contribution in [2.24, 2.45) is 0 Å². The number of para-hydroxylation sites is 1. The molecule has 0 aromatic heterocycles. The van der Waals surface area contributed by atoms with Crippen molar-refractivity contribution in [2.75, 3.05) is 11.9 Å². The standard InChI is InChI=1S/C18H23NO2/c1-3-21-13-17-8-4-5-10-18(17)19-14(2)16-9-6-7-15(11-16)12-20/h4-11,14,19-20H,3,12-13H2,1-2H3. The summed E-state index contributed by atoms with van der Waals surface area (Å²) in [7, 11) is 0. The van der Waals surface area contributed by atoms with E-state index in [1.165, 1.54) is 0 Å². The van der Waals surface area contributed by atoms with Crippen molar-refractivity contribution in [3.05, 3.63) is 65.2 Å². The molecule has 0 amide bonds. The monoisotopic (exact) mass is 285 g/mol. The largest absolute Gasteiger partial charge is 0.392 e. The molecule has 2 aromatic rings. The number of rotatable bonds is 7. The lowest BCUT2D eigenvalue weighted by Gasteiger charge is -2.19. The molecule has 0 aliphatic carbocycles. The fourth-order valence-electron chi connectivity index (χ4n) is 2.28. The Balaban J connectivity index is 2.13. The molecule has 0 heterocycles. The van der Waals surface area contributed by atoms with Gasteiger partial charge in [-0.3, -0.25) is 0 Å². The van der Waals surface area contributed by atoms with E-state index in [0.717, 1.165) is 22.4 Å². The summed E-state index contributed by atoms with van der Waals surface area (Å²) < 4.78 is 5.51. The van der Waals surface area contributed by atoms with E-state index >= 15 is 0 Å². The normalized spacial score (nSPS) is 12.1. The summed E-state index contributed by atoms with van der Waals surface area (Å²) in [4.78, 5) is 0. The Morgan fingerprint density at radius 3 is 2.71 bits per heavy atom. The van der Waals surface area contributed by atoms with Gasteiger partial charge in [-0.15, -0.1) is 0 Å². The van der Waals surface area contributed by atoms with Gasteiger partial charge < -0.3 is 15.2 Å². The van der Waals surface area contributed by atoms with E-state index in [2.05, 4.69) is 30.4 Å². The van der Waals surface area contributed by atoms with Crippen LogP contribution in [0.25, 0.3) is 0 Å². The van der Waals surface area contributed by atoms with Crippen molar-refractivity contribution < 1.29 is 9.84 Å².